The van der Waals surface area contributed by atoms with E-state index in [1.165, 1.54) is 0 Å². The van der Waals surface area contributed by atoms with E-state index < -0.39 is 35.0 Å². The van der Waals surface area contributed by atoms with Crippen LogP contribution in [0, 0.1) is 34.5 Å². The number of nitrogens with one attached hydrogen (secondary N) is 1. The third kappa shape index (κ3) is 3.97. The van der Waals surface area contributed by atoms with E-state index >= 15 is 0 Å². The minimum atomic E-state index is -1.85. The maximum atomic E-state index is 14.9. The number of anilines is 2. The summed E-state index contributed by atoms with van der Waals surface area (Å²) in [7, 11) is 0. The van der Waals surface area contributed by atoms with E-state index in [1.807, 2.05) is 75.4 Å². The number of para-hydroxylation sites is 2. The third-order valence-corrected chi connectivity index (χ3v) is 11.1. The minimum Gasteiger partial charge on any atom is -0.451 e. The van der Waals surface area contributed by atoms with E-state index in [0.29, 0.717) is 22.7 Å². The fourth-order valence-electron chi connectivity index (χ4n) is 8.92. The van der Waals surface area contributed by atoms with Gasteiger partial charge in [-0.05, 0) is 85.8 Å². The number of benzene rings is 2. The predicted octanol–water partition coefficient (Wildman–Crippen LogP) is 6.22. The zero-order chi connectivity index (χ0) is 30.5. The van der Waals surface area contributed by atoms with E-state index in [9.17, 15) is 14.7 Å². The van der Waals surface area contributed by atoms with E-state index in [1.54, 1.807) is 12.1 Å². The Kier molecular flexibility index (Phi) is 6.21. The first kappa shape index (κ1) is 28.5. The molecule has 0 amide bonds. The van der Waals surface area contributed by atoms with Crippen molar-refractivity contribution in [3.05, 3.63) is 83.5 Å². The number of rotatable bonds is 4. The van der Waals surface area contributed by atoms with Crippen molar-refractivity contribution < 1.29 is 28.9 Å². The largest absolute Gasteiger partial charge is 0.451 e. The average molecular weight is 584 g/mol. The van der Waals surface area contributed by atoms with Crippen molar-refractivity contribution in [2.24, 2.45) is 34.5 Å². The number of ether oxygens (including phenoxy) is 3. The van der Waals surface area contributed by atoms with Crippen LogP contribution in [0.2, 0.25) is 0 Å². The molecule has 2 aromatic rings. The van der Waals surface area contributed by atoms with E-state index in [2.05, 4.69) is 26.1 Å². The van der Waals surface area contributed by atoms with Crippen LogP contribution in [0.4, 0.5) is 11.4 Å². The normalized spacial score (nSPS) is 38.3. The van der Waals surface area contributed by atoms with Gasteiger partial charge in [0.05, 0.1) is 23.3 Å². The van der Waals surface area contributed by atoms with Crippen molar-refractivity contribution in [3.8, 4) is 0 Å². The first-order valence-corrected chi connectivity index (χ1v) is 15.4. The predicted molar refractivity (Wildman–Crippen MR) is 163 cm³/mol. The van der Waals surface area contributed by atoms with Gasteiger partial charge in [0.15, 0.2) is 23.3 Å². The van der Waals surface area contributed by atoms with Crippen molar-refractivity contribution >= 4 is 23.1 Å². The van der Waals surface area contributed by atoms with Crippen LogP contribution in [0.15, 0.2) is 77.9 Å². The molecule has 7 rings (SSSR count). The zero-order valence-electron chi connectivity index (χ0n) is 25.7. The number of carbonyl (C=O) groups is 2. The summed E-state index contributed by atoms with van der Waals surface area (Å²) in [4.78, 5) is 28.9. The highest BCUT2D eigenvalue weighted by Gasteiger charge is 2.77. The molecule has 0 radical (unpaired) electrons. The number of allylic oxidation sites excluding steroid dienone is 1. The molecule has 0 unspecified atom stereocenters. The number of carbonyl (C=O) groups excluding carboxylic acids is 2. The summed E-state index contributed by atoms with van der Waals surface area (Å²) >= 11 is 0. The van der Waals surface area contributed by atoms with Gasteiger partial charge in [-0.25, -0.2) is 4.79 Å². The van der Waals surface area contributed by atoms with Crippen molar-refractivity contribution in [1.82, 2.24) is 0 Å². The lowest BCUT2D eigenvalue weighted by molar-refractivity contribution is -0.302. The quantitative estimate of drug-likeness (QED) is 0.326. The molecule has 1 heterocycles. The smallest absolute Gasteiger partial charge is 0.340 e. The number of hydrogen-bond donors (Lipinski definition) is 2. The second-order valence-corrected chi connectivity index (χ2v) is 14.3. The molecule has 7 nitrogen and oxygen atoms in total. The van der Waals surface area contributed by atoms with Crippen LogP contribution in [-0.2, 0) is 19.0 Å². The van der Waals surface area contributed by atoms with Crippen LogP contribution in [0.1, 0.15) is 58.3 Å². The van der Waals surface area contributed by atoms with Crippen LogP contribution in [0.5, 0.6) is 0 Å². The van der Waals surface area contributed by atoms with Crippen molar-refractivity contribution in [2.75, 3.05) is 11.9 Å². The molecule has 3 fully saturated rings. The van der Waals surface area contributed by atoms with E-state index in [4.69, 9.17) is 14.2 Å². The van der Waals surface area contributed by atoms with Gasteiger partial charge in [0.1, 0.15) is 6.10 Å². The lowest BCUT2D eigenvalue weighted by atomic mass is 9.59. The molecule has 4 aliphatic carbocycles. The Morgan fingerprint density at radius 1 is 1.05 bits per heavy atom. The van der Waals surface area contributed by atoms with Crippen molar-refractivity contribution in [3.63, 3.8) is 0 Å². The van der Waals surface area contributed by atoms with E-state index in [0.717, 1.165) is 17.7 Å². The van der Waals surface area contributed by atoms with Gasteiger partial charge in [0.2, 0.25) is 0 Å². The SMILES string of the molecule is CC1=C[C@]23C(=O)[C@@H](C=C4COC(C)(C)O[C@H]4[C@]2(O)[C@H]1OC(=O)c1ccccc1Nc1ccccc1)[C@H]1[C@@H](C[C@H]3C)C1(C)C. The Morgan fingerprint density at radius 2 is 1.74 bits per heavy atom. The van der Waals surface area contributed by atoms with Gasteiger partial charge < -0.3 is 24.6 Å². The standard InChI is InChI=1S/C36H41NO6/c1-20-18-35-21(2)16-26-28(33(26,3)4)25(29(35)38)17-22-19-41-34(5,6)43-31(22)36(35,40)30(20)42-32(39)24-14-10-11-15-27(24)37-23-12-8-7-9-13-23/h7-15,17-18,21,25-26,28,30-31,37,40H,16,19H2,1-6H3/t21-,25+,26-,28+,30+,31-,35+,36-/m1/s1. The van der Waals surface area contributed by atoms with Gasteiger partial charge in [-0.2, -0.15) is 0 Å². The molecule has 1 saturated heterocycles. The van der Waals surface area contributed by atoms with Crippen LogP contribution < -0.4 is 5.32 Å². The molecule has 1 aliphatic heterocycles. The molecule has 2 saturated carbocycles. The van der Waals surface area contributed by atoms with Crippen LogP contribution in [0.25, 0.3) is 0 Å². The van der Waals surface area contributed by atoms with Gasteiger partial charge in [0, 0.05) is 11.6 Å². The monoisotopic (exact) mass is 583 g/mol. The van der Waals surface area contributed by atoms with Gasteiger partial charge in [-0.15, -0.1) is 0 Å². The van der Waals surface area contributed by atoms with Gasteiger partial charge in [-0.3, -0.25) is 4.79 Å². The summed E-state index contributed by atoms with van der Waals surface area (Å²) in [5.74, 6) is -1.62. The highest BCUT2D eigenvalue weighted by Crippen LogP contribution is 2.72. The summed E-state index contributed by atoms with van der Waals surface area (Å²) in [5, 5.41) is 16.6. The number of Topliss-reactive ketones (excluding diaryl/α,β-unsaturated/α-hetero) is 1. The third-order valence-electron chi connectivity index (χ3n) is 11.1. The summed E-state index contributed by atoms with van der Waals surface area (Å²) in [6, 6.07) is 16.8. The first-order valence-electron chi connectivity index (χ1n) is 15.4. The highest BCUT2D eigenvalue weighted by atomic mass is 16.7. The Balaban J connectivity index is 1.32. The summed E-state index contributed by atoms with van der Waals surface area (Å²) in [6.07, 6.45) is 2.74. The maximum absolute atomic E-state index is 14.9. The number of aliphatic hydroxyl groups is 1. The molecule has 2 aromatic carbocycles. The maximum Gasteiger partial charge on any atom is 0.340 e. The molecule has 7 heteroatoms. The molecule has 0 aromatic heterocycles. The number of esters is 1. The summed E-state index contributed by atoms with van der Waals surface area (Å²) < 4.78 is 19.0. The minimum absolute atomic E-state index is 0.00655. The van der Waals surface area contributed by atoms with Crippen molar-refractivity contribution in [2.45, 2.75) is 71.6 Å². The molecule has 2 N–H and O–H groups in total. The molecule has 8 atom stereocenters. The van der Waals surface area contributed by atoms with Crippen LogP contribution >= 0.6 is 0 Å². The first-order chi connectivity index (χ1) is 20.3. The Morgan fingerprint density at radius 3 is 2.49 bits per heavy atom. The van der Waals surface area contributed by atoms with Crippen molar-refractivity contribution in [1.29, 1.82) is 0 Å². The lowest BCUT2D eigenvalue weighted by Gasteiger charge is -2.52. The second-order valence-electron chi connectivity index (χ2n) is 14.3. The molecule has 2 bridgehead atoms. The highest BCUT2D eigenvalue weighted by molar-refractivity contribution is 5.98. The fourth-order valence-corrected chi connectivity index (χ4v) is 8.92. The summed E-state index contributed by atoms with van der Waals surface area (Å²) in [5.41, 5.74) is 0.0505. The molecule has 1 spiro atoms. The van der Waals surface area contributed by atoms with Gasteiger partial charge >= 0.3 is 5.97 Å². The molecule has 43 heavy (non-hydrogen) atoms. The Bertz CT molecular complexity index is 1560. The van der Waals surface area contributed by atoms with Gasteiger partial charge in [-0.1, -0.05) is 63.3 Å². The number of fused-ring (bicyclic) bond motifs is 5. The van der Waals surface area contributed by atoms with Crippen LogP contribution in [0.3, 0.4) is 0 Å². The second kappa shape index (κ2) is 9.37. The van der Waals surface area contributed by atoms with E-state index in [-0.39, 0.29) is 35.6 Å². The fraction of sp³-hybridized carbons (Fsp3) is 0.500. The molecular weight excluding hydrogens is 542 g/mol. The zero-order valence-corrected chi connectivity index (χ0v) is 25.7. The topological polar surface area (TPSA) is 94.1 Å². The molecule has 226 valence electrons. The summed E-state index contributed by atoms with van der Waals surface area (Å²) in [6.45, 7) is 12.3. The number of ketones is 1. The lowest BCUT2D eigenvalue weighted by Crippen LogP contribution is -2.68. The Labute approximate surface area is 253 Å². The Hall–Kier alpha value is -3.26. The molecular formula is C36H41NO6. The molecule has 5 aliphatic rings. The van der Waals surface area contributed by atoms with Gasteiger partial charge in [0.25, 0.3) is 0 Å². The number of hydrogen-bond acceptors (Lipinski definition) is 7. The average Bonchev–Trinajstić information content (AvgIpc) is 3.46. The van der Waals surface area contributed by atoms with Crippen LogP contribution in [-0.4, -0.2) is 47.1 Å².